The summed E-state index contributed by atoms with van der Waals surface area (Å²) in [6.45, 7) is -0.451. The Balaban J connectivity index is 2.59. The van der Waals surface area contributed by atoms with Gasteiger partial charge in [-0.3, -0.25) is 0 Å². The van der Waals surface area contributed by atoms with Gasteiger partial charge in [0.2, 0.25) is 0 Å². The third-order valence-electron chi connectivity index (χ3n) is 1.01. The average Bonchev–Trinajstić information content (AvgIpc) is 2.03. The van der Waals surface area contributed by atoms with Gasteiger partial charge in [0.05, 0.1) is 6.20 Å². The molecule has 1 aromatic heterocycles. The largest absolute Gasteiger partial charge is 0.479 e. The van der Waals surface area contributed by atoms with Crippen LogP contribution in [0.3, 0.4) is 0 Å². The van der Waals surface area contributed by atoms with Gasteiger partial charge in [-0.1, -0.05) is 0 Å². The van der Waals surface area contributed by atoms with Crippen LogP contribution >= 0.6 is 0 Å². The lowest BCUT2D eigenvalue weighted by atomic mass is 10.6. The monoisotopic (exact) mass is 170 g/mol. The van der Waals surface area contributed by atoms with Gasteiger partial charge in [-0.05, 0) is 0 Å². The van der Waals surface area contributed by atoms with E-state index in [-0.39, 0.29) is 5.75 Å². The number of H-pyrrole nitrogens is 1. The Morgan fingerprint density at radius 1 is 1.75 bits per heavy atom. The molecule has 1 rings (SSSR count). The number of carboxylic acid groups (broad SMARTS) is 1. The third-order valence-corrected chi connectivity index (χ3v) is 1.01. The minimum absolute atomic E-state index is 0.219. The number of ether oxygens (including phenoxy) is 1. The number of carbonyl (C=O) groups is 1. The van der Waals surface area contributed by atoms with Crippen molar-refractivity contribution in [3.63, 3.8) is 0 Å². The minimum atomic E-state index is -1.08. The predicted octanol–water partition coefficient (Wildman–Crippen LogP) is -0.767. The van der Waals surface area contributed by atoms with Crippen LogP contribution in [-0.4, -0.2) is 27.7 Å². The summed E-state index contributed by atoms with van der Waals surface area (Å²) >= 11 is 0. The second kappa shape index (κ2) is 3.51. The van der Waals surface area contributed by atoms with E-state index in [1.54, 1.807) is 0 Å². The van der Waals surface area contributed by atoms with Crippen molar-refractivity contribution in [2.75, 3.05) is 6.61 Å². The maximum absolute atomic E-state index is 10.4. The molecule has 0 saturated heterocycles. The molecular formula is C6H6N2O4. The highest BCUT2D eigenvalue weighted by atomic mass is 16.5. The molecule has 0 unspecified atom stereocenters. The Morgan fingerprint density at radius 3 is 3.00 bits per heavy atom. The Hall–Kier alpha value is -1.85. The lowest BCUT2D eigenvalue weighted by Gasteiger charge is -1.99. The number of aliphatic carboxylic acids is 1. The molecule has 12 heavy (non-hydrogen) atoms. The van der Waals surface area contributed by atoms with Crippen molar-refractivity contribution < 1.29 is 14.6 Å². The number of carboxylic acids is 1. The summed E-state index contributed by atoms with van der Waals surface area (Å²) in [5.74, 6) is -0.863. The Morgan fingerprint density at radius 2 is 2.50 bits per heavy atom. The van der Waals surface area contributed by atoms with E-state index in [1.807, 2.05) is 0 Å². The Kier molecular flexibility index (Phi) is 2.42. The fourth-order valence-electron chi connectivity index (χ4n) is 0.554. The van der Waals surface area contributed by atoms with Gasteiger partial charge in [-0.15, -0.1) is 0 Å². The Labute approximate surface area is 66.8 Å². The lowest BCUT2D eigenvalue weighted by Crippen LogP contribution is -2.12. The highest BCUT2D eigenvalue weighted by molar-refractivity contribution is 5.68. The molecule has 6 nitrogen and oxygen atoms in total. The molecule has 2 N–H and O–H groups in total. The smallest absolute Gasteiger partial charge is 0.345 e. The average molecular weight is 170 g/mol. The number of hydrogen-bond donors (Lipinski definition) is 2. The summed E-state index contributed by atoms with van der Waals surface area (Å²) in [4.78, 5) is 26.0. The maximum Gasteiger partial charge on any atom is 0.345 e. The SMILES string of the molecule is O=C(O)COc1cnc(=O)[nH]c1. The molecule has 0 aromatic carbocycles. The molecule has 0 atom stereocenters. The summed E-state index contributed by atoms with van der Waals surface area (Å²) in [6, 6.07) is 0. The standard InChI is InChI=1S/C6H6N2O4/c9-5(10)3-12-4-1-7-6(11)8-2-4/h1-2H,3H2,(H,9,10)(H,7,8,11). The van der Waals surface area contributed by atoms with Gasteiger partial charge < -0.3 is 14.8 Å². The van der Waals surface area contributed by atoms with Crippen molar-refractivity contribution in [1.82, 2.24) is 9.97 Å². The molecule has 0 saturated carbocycles. The van der Waals surface area contributed by atoms with Gasteiger partial charge in [0.15, 0.2) is 12.4 Å². The molecule has 6 heteroatoms. The van der Waals surface area contributed by atoms with Crippen molar-refractivity contribution in [2.24, 2.45) is 0 Å². The van der Waals surface area contributed by atoms with E-state index >= 15 is 0 Å². The highest BCUT2D eigenvalue weighted by Crippen LogP contribution is 2.01. The van der Waals surface area contributed by atoms with E-state index in [0.717, 1.165) is 6.20 Å². The molecule has 0 spiro atoms. The van der Waals surface area contributed by atoms with E-state index in [2.05, 4.69) is 9.97 Å². The van der Waals surface area contributed by atoms with E-state index in [4.69, 9.17) is 9.84 Å². The van der Waals surface area contributed by atoms with Crippen molar-refractivity contribution in [3.8, 4) is 5.75 Å². The molecule has 0 aliphatic heterocycles. The van der Waals surface area contributed by atoms with Crippen molar-refractivity contribution in [3.05, 3.63) is 22.9 Å². The summed E-state index contributed by atoms with van der Waals surface area (Å²) in [5.41, 5.74) is -0.502. The molecule has 1 heterocycles. The molecular weight excluding hydrogens is 164 g/mol. The van der Waals surface area contributed by atoms with Gasteiger partial charge in [0.25, 0.3) is 0 Å². The van der Waals surface area contributed by atoms with Crippen molar-refractivity contribution in [2.45, 2.75) is 0 Å². The lowest BCUT2D eigenvalue weighted by molar-refractivity contribution is -0.139. The first-order chi connectivity index (χ1) is 5.68. The fraction of sp³-hybridized carbons (Fsp3) is 0.167. The van der Waals surface area contributed by atoms with Crippen LogP contribution < -0.4 is 10.4 Å². The quantitative estimate of drug-likeness (QED) is 0.621. The zero-order valence-electron chi connectivity index (χ0n) is 5.98. The van der Waals surface area contributed by atoms with E-state index in [9.17, 15) is 9.59 Å². The van der Waals surface area contributed by atoms with Crippen LogP contribution in [-0.2, 0) is 4.79 Å². The molecule has 0 fully saturated rings. The van der Waals surface area contributed by atoms with Gasteiger partial charge in [0.1, 0.15) is 0 Å². The van der Waals surface area contributed by atoms with Gasteiger partial charge in [-0.2, -0.15) is 4.98 Å². The van der Waals surface area contributed by atoms with Gasteiger partial charge >= 0.3 is 11.7 Å². The van der Waals surface area contributed by atoms with Crippen molar-refractivity contribution in [1.29, 1.82) is 0 Å². The first kappa shape index (κ1) is 8.25. The summed E-state index contributed by atoms with van der Waals surface area (Å²) in [7, 11) is 0. The van der Waals surface area contributed by atoms with E-state index < -0.39 is 18.3 Å². The predicted molar refractivity (Wildman–Crippen MR) is 38.0 cm³/mol. The van der Waals surface area contributed by atoms with Gasteiger partial charge in [-0.25, -0.2) is 9.59 Å². The van der Waals surface area contributed by atoms with Crippen LogP contribution in [0.2, 0.25) is 0 Å². The fourth-order valence-corrected chi connectivity index (χ4v) is 0.554. The zero-order valence-corrected chi connectivity index (χ0v) is 5.98. The minimum Gasteiger partial charge on any atom is -0.479 e. The normalized spacial score (nSPS) is 9.33. The van der Waals surface area contributed by atoms with Crippen LogP contribution in [0.4, 0.5) is 0 Å². The number of nitrogens with one attached hydrogen (secondary N) is 1. The second-order valence-electron chi connectivity index (χ2n) is 1.94. The van der Waals surface area contributed by atoms with Crippen LogP contribution in [0.15, 0.2) is 17.2 Å². The summed E-state index contributed by atoms with van der Waals surface area (Å²) < 4.78 is 4.69. The second-order valence-corrected chi connectivity index (χ2v) is 1.94. The number of rotatable bonds is 3. The maximum atomic E-state index is 10.4. The number of hydrogen-bond acceptors (Lipinski definition) is 4. The van der Waals surface area contributed by atoms with Crippen LogP contribution in [0, 0.1) is 0 Å². The van der Waals surface area contributed by atoms with E-state index in [1.165, 1.54) is 6.20 Å². The molecule has 1 aromatic rings. The van der Waals surface area contributed by atoms with Gasteiger partial charge in [0, 0.05) is 6.20 Å². The van der Waals surface area contributed by atoms with Crippen molar-refractivity contribution >= 4 is 5.97 Å². The molecule has 0 radical (unpaired) electrons. The summed E-state index contributed by atoms with van der Waals surface area (Å²) in [5, 5.41) is 8.21. The number of aromatic amines is 1. The third kappa shape index (κ3) is 2.41. The molecule has 0 amide bonds. The Bertz CT molecular complexity index is 312. The molecule has 64 valence electrons. The number of aromatic nitrogens is 2. The number of nitrogens with zero attached hydrogens (tertiary/aromatic N) is 1. The molecule has 0 aliphatic rings. The summed E-state index contributed by atoms with van der Waals surface area (Å²) in [6.07, 6.45) is 2.40. The first-order valence-corrected chi connectivity index (χ1v) is 3.08. The molecule has 0 bridgehead atoms. The van der Waals surface area contributed by atoms with Crippen LogP contribution in [0.25, 0.3) is 0 Å². The van der Waals surface area contributed by atoms with Crippen LogP contribution in [0.5, 0.6) is 5.75 Å². The first-order valence-electron chi connectivity index (χ1n) is 3.08. The van der Waals surface area contributed by atoms with Crippen LogP contribution in [0.1, 0.15) is 0 Å². The van der Waals surface area contributed by atoms with E-state index in [0.29, 0.717) is 0 Å². The topological polar surface area (TPSA) is 92.3 Å². The molecule has 0 aliphatic carbocycles. The zero-order chi connectivity index (χ0) is 8.97. The highest BCUT2D eigenvalue weighted by Gasteiger charge is 1.98.